The monoisotopic (exact) mass is 617 g/mol. The smallest absolute Gasteiger partial charge is 0.264 e. The Balaban J connectivity index is 1.78. The molecule has 4 aromatic carbocycles. The van der Waals surface area contributed by atoms with E-state index in [-0.39, 0.29) is 29.1 Å². The van der Waals surface area contributed by atoms with Crippen LogP contribution < -0.4 is 14.4 Å². The number of nitrogens with one attached hydrogen (secondary N) is 1. The minimum atomic E-state index is -4.26. The summed E-state index contributed by atoms with van der Waals surface area (Å²) in [7, 11) is -2.80. The summed E-state index contributed by atoms with van der Waals surface area (Å²) in [5, 5.41) is 2.61. The van der Waals surface area contributed by atoms with E-state index in [1.807, 2.05) is 44.2 Å². The Kier molecular flexibility index (Phi) is 10.7. The van der Waals surface area contributed by atoms with Crippen molar-refractivity contribution in [1.82, 2.24) is 10.2 Å². The van der Waals surface area contributed by atoms with Crippen molar-refractivity contribution in [3.8, 4) is 5.75 Å². The molecule has 8 nitrogen and oxygen atoms in total. The van der Waals surface area contributed by atoms with Gasteiger partial charge in [0, 0.05) is 25.6 Å². The van der Waals surface area contributed by atoms with Gasteiger partial charge in [-0.15, -0.1) is 0 Å². The normalized spacial score (nSPS) is 11.8. The molecule has 0 aliphatic carbocycles. The molecule has 1 N–H and O–H groups in total. The van der Waals surface area contributed by atoms with Gasteiger partial charge in [0.1, 0.15) is 24.2 Å². The molecular weight excluding hydrogens is 581 g/mol. The predicted octanol–water partition coefficient (Wildman–Crippen LogP) is 5.11. The zero-order valence-corrected chi connectivity index (χ0v) is 25.8. The van der Waals surface area contributed by atoms with E-state index in [1.165, 1.54) is 42.3 Å². The average Bonchev–Trinajstić information content (AvgIpc) is 3.03. The number of hydrogen-bond acceptors (Lipinski definition) is 5. The third-order valence-corrected chi connectivity index (χ3v) is 8.93. The zero-order chi connectivity index (χ0) is 31.7. The third kappa shape index (κ3) is 7.82. The van der Waals surface area contributed by atoms with Gasteiger partial charge in [0.05, 0.1) is 17.2 Å². The Labute approximate surface area is 258 Å². The predicted molar refractivity (Wildman–Crippen MR) is 168 cm³/mol. The van der Waals surface area contributed by atoms with E-state index in [0.717, 1.165) is 15.4 Å². The average molecular weight is 618 g/mol. The van der Waals surface area contributed by atoms with Crippen molar-refractivity contribution in [2.45, 2.75) is 37.8 Å². The molecule has 0 spiro atoms. The number of hydrogen-bond donors (Lipinski definition) is 1. The van der Waals surface area contributed by atoms with Gasteiger partial charge in [0.2, 0.25) is 11.8 Å². The molecule has 0 heterocycles. The van der Waals surface area contributed by atoms with E-state index in [4.69, 9.17) is 4.74 Å². The van der Waals surface area contributed by atoms with Crippen molar-refractivity contribution < 1.29 is 27.1 Å². The van der Waals surface area contributed by atoms with Crippen molar-refractivity contribution in [1.29, 1.82) is 0 Å². The van der Waals surface area contributed by atoms with Crippen molar-refractivity contribution in [2.24, 2.45) is 0 Å². The number of amides is 2. The van der Waals surface area contributed by atoms with E-state index in [0.29, 0.717) is 12.4 Å². The van der Waals surface area contributed by atoms with Crippen molar-refractivity contribution in [3.63, 3.8) is 0 Å². The van der Waals surface area contributed by atoms with Crippen molar-refractivity contribution >= 4 is 27.5 Å². The maximum Gasteiger partial charge on any atom is 0.264 e. The lowest BCUT2D eigenvalue weighted by Gasteiger charge is -2.33. The molecule has 0 saturated heterocycles. The number of carbonyl (C=O) groups excluding carboxylic acids is 2. The number of nitrogens with zero attached hydrogens (tertiary/aromatic N) is 2. The number of anilines is 1. The van der Waals surface area contributed by atoms with Gasteiger partial charge in [0.15, 0.2) is 0 Å². The van der Waals surface area contributed by atoms with Crippen LogP contribution in [-0.2, 0) is 32.6 Å². The van der Waals surface area contributed by atoms with Crippen LogP contribution in [-0.4, -0.2) is 51.4 Å². The lowest BCUT2D eigenvalue weighted by molar-refractivity contribution is -0.139. The largest absolute Gasteiger partial charge is 0.494 e. The molecule has 0 radical (unpaired) electrons. The van der Waals surface area contributed by atoms with E-state index in [2.05, 4.69) is 5.32 Å². The maximum atomic E-state index is 14.9. The minimum Gasteiger partial charge on any atom is -0.494 e. The molecule has 2 amide bonds. The standard InChI is InChI=1S/C34H36FN3O5S/c1-4-43-29-18-20-30(21-19-29)44(41,42)38(28-16-14-25(2)15-17-28)24-33(39)37(23-27-12-8-9-13-31(27)35)32(34(40)36-3)22-26-10-6-5-7-11-26/h5-21,32H,4,22-24H2,1-3H3,(H,36,40)/t32-/m1/s1. The van der Waals surface area contributed by atoms with Crippen LogP contribution in [0.15, 0.2) is 108 Å². The highest BCUT2D eigenvalue weighted by Crippen LogP contribution is 2.27. The van der Waals surface area contributed by atoms with Crippen molar-refractivity contribution in [3.05, 3.63) is 126 Å². The summed E-state index contributed by atoms with van der Waals surface area (Å²) in [5.41, 5.74) is 2.15. The summed E-state index contributed by atoms with van der Waals surface area (Å²) >= 11 is 0. The fourth-order valence-corrected chi connectivity index (χ4v) is 6.19. The fraction of sp³-hybridized carbons (Fsp3) is 0.235. The maximum absolute atomic E-state index is 14.9. The molecule has 44 heavy (non-hydrogen) atoms. The molecule has 10 heteroatoms. The van der Waals surface area contributed by atoms with Crippen molar-refractivity contribution in [2.75, 3.05) is 24.5 Å². The fourth-order valence-electron chi connectivity index (χ4n) is 4.77. The van der Waals surface area contributed by atoms with E-state index in [9.17, 15) is 22.4 Å². The Bertz CT molecular complexity index is 1660. The van der Waals surface area contributed by atoms with Crippen LogP contribution in [0.25, 0.3) is 0 Å². The molecule has 0 bridgehead atoms. The van der Waals surface area contributed by atoms with Gasteiger partial charge in [-0.25, -0.2) is 12.8 Å². The summed E-state index contributed by atoms with van der Waals surface area (Å²) < 4.78 is 49.5. The molecular formula is C34H36FN3O5S. The highest BCUT2D eigenvalue weighted by Gasteiger charge is 2.34. The SMILES string of the molecule is CCOc1ccc(S(=O)(=O)N(CC(=O)N(Cc2ccccc2F)[C@H](Cc2ccccc2)C(=O)NC)c2ccc(C)cc2)cc1. The number of carbonyl (C=O) groups is 2. The third-order valence-electron chi connectivity index (χ3n) is 7.14. The number of ether oxygens (including phenoxy) is 1. The van der Waals surface area contributed by atoms with Gasteiger partial charge in [-0.1, -0.05) is 66.2 Å². The van der Waals surface area contributed by atoms with Crippen LogP contribution in [0.4, 0.5) is 10.1 Å². The molecule has 0 saturated carbocycles. The Morgan fingerprint density at radius 3 is 2.14 bits per heavy atom. The number of rotatable bonds is 13. The van der Waals surface area contributed by atoms with Crippen LogP contribution in [0.2, 0.25) is 0 Å². The first-order valence-corrected chi connectivity index (χ1v) is 15.7. The number of likely N-dealkylation sites (N-methyl/N-ethyl adjacent to an activating group) is 1. The summed E-state index contributed by atoms with van der Waals surface area (Å²) in [5.74, 6) is -1.17. The molecule has 4 rings (SSSR count). The quantitative estimate of drug-likeness (QED) is 0.225. The molecule has 0 aliphatic heterocycles. The number of aryl methyl sites for hydroxylation is 1. The van der Waals surface area contributed by atoms with E-state index < -0.39 is 40.2 Å². The number of sulfonamides is 1. The zero-order valence-electron chi connectivity index (χ0n) is 24.9. The van der Waals surface area contributed by atoms with Gasteiger partial charge < -0.3 is 15.0 Å². The van der Waals surface area contributed by atoms with E-state index in [1.54, 1.807) is 42.5 Å². The first-order valence-electron chi connectivity index (χ1n) is 14.2. The Hall–Kier alpha value is -4.70. The van der Waals surface area contributed by atoms with Gasteiger partial charge in [-0.2, -0.15) is 0 Å². The molecule has 0 aliphatic rings. The molecule has 0 aromatic heterocycles. The summed E-state index contributed by atoms with van der Waals surface area (Å²) in [6.45, 7) is 3.24. The molecule has 4 aromatic rings. The summed E-state index contributed by atoms with van der Waals surface area (Å²) in [4.78, 5) is 28.8. The second-order valence-corrected chi connectivity index (χ2v) is 12.0. The van der Waals surface area contributed by atoms with E-state index >= 15 is 0 Å². The number of halogens is 1. The molecule has 230 valence electrons. The molecule has 0 fully saturated rings. The second-order valence-electron chi connectivity index (χ2n) is 10.2. The lowest BCUT2D eigenvalue weighted by Crippen LogP contribution is -2.53. The number of benzene rings is 4. The second kappa shape index (κ2) is 14.7. The Morgan fingerprint density at radius 1 is 0.886 bits per heavy atom. The van der Waals surface area contributed by atoms with Crippen LogP contribution in [0, 0.1) is 12.7 Å². The van der Waals surface area contributed by atoms with Crippen LogP contribution in [0.5, 0.6) is 5.75 Å². The van der Waals surface area contributed by atoms with Crippen LogP contribution in [0.1, 0.15) is 23.6 Å². The van der Waals surface area contributed by atoms with Crippen LogP contribution in [0.3, 0.4) is 0 Å². The van der Waals surface area contributed by atoms with Gasteiger partial charge in [-0.05, 0) is 61.9 Å². The Morgan fingerprint density at radius 2 is 1.52 bits per heavy atom. The molecule has 1 atom stereocenters. The lowest BCUT2D eigenvalue weighted by atomic mass is 10.0. The van der Waals surface area contributed by atoms with Gasteiger partial charge in [0.25, 0.3) is 10.0 Å². The van der Waals surface area contributed by atoms with Gasteiger partial charge >= 0.3 is 0 Å². The van der Waals surface area contributed by atoms with Crippen LogP contribution >= 0.6 is 0 Å². The highest BCUT2D eigenvalue weighted by molar-refractivity contribution is 7.92. The molecule has 0 unspecified atom stereocenters. The van der Waals surface area contributed by atoms with Gasteiger partial charge in [-0.3, -0.25) is 13.9 Å². The first-order chi connectivity index (χ1) is 21.1. The summed E-state index contributed by atoms with van der Waals surface area (Å²) in [6.07, 6.45) is 0.136. The minimum absolute atomic E-state index is 0.0397. The highest BCUT2D eigenvalue weighted by atomic mass is 32.2. The summed E-state index contributed by atoms with van der Waals surface area (Å²) in [6, 6.07) is 26.8. The topological polar surface area (TPSA) is 96.0 Å². The first kappa shape index (κ1) is 32.2.